The Morgan fingerprint density at radius 2 is 1.88 bits per heavy atom. The monoisotopic (exact) mass is 442 g/mol. The Morgan fingerprint density at radius 3 is 2.47 bits per heavy atom. The van der Waals surface area contributed by atoms with Crippen LogP contribution in [0.25, 0.3) is 0 Å². The third kappa shape index (κ3) is 3.92. The number of carbonyl (C=O) groups excluding carboxylic acids is 1. The van der Waals surface area contributed by atoms with Crippen molar-refractivity contribution in [2.24, 2.45) is 17.3 Å². The van der Waals surface area contributed by atoms with E-state index in [0.717, 1.165) is 24.0 Å². The maximum Gasteiger partial charge on any atom is 0.482 e. The van der Waals surface area contributed by atoms with Crippen LogP contribution in [0.1, 0.15) is 58.6 Å². The number of amides is 2. The van der Waals surface area contributed by atoms with Gasteiger partial charge in [-0.25, -0.2) is 4.79 Å². The van der Waals surface area contributed by atoms with Crippen LogP contribution in [0.5, 0.6) is 0 Å². The summed E-state index contributed by atoms with van der Waals surface area (Å²) < 4.78 is 13.1. The summed E-state index contributed by atoms with van der Waals surface area (Å²) in [4.78, 5) is 24.2. The van der Waals surface area contributed by atoms with Crippen molar-refractivity contribution >= 4 is 19.1 Å². The summed E-state index contributed by atoms with van der Waals surface area (Å²) in [7, 11) is -0.592. The SMILES string of the molecule is Cc1ccc(C[C@H](NC(=O)C(C)(C)NC(=O)O)B2O[C@@H]3C[C@@H]4C[C@@H](C4(C)C)[C@]3(C)O2)cc1. The minimum Gasteiger partial charge on any atom is -0.465 e. The van der Waals surface area contributed by atoms with Gasteiger partial charge in [0.25, 0.3) is 0 Å². The lowest BCUT2D eigenvalue weighted by Gasteiger charge is -2.64. The van der Waals surface area contributed by atoms with Gasteiger partial charge < -0.3 is 25.0 Å². The molecule has 32 heavy (non-hydrogen) atoms. The van der Waals surface area contributed by atoms with Crippen LogP contribution in [-0.2, 0) is 20.5 Å². The van der Waals surface area contributed by atoms with E-state index in [0.29, 0.717) is 18.3 Å². The summed E-state index contributed by atoms with van der Waals surface area (Å²) in [6.45, 7) is 11.9. The van der Waals surface area contributed by atoms with Crippen molar-refractivity contribution in [3.05, 3.63) is 35.4 Å². The zero-order chi connectivity index (χ0) is 23.5. The Bertz CT molecular complexity index is 902. The first-order valence-electron chi connectivity index (χ1n) is 11.5. The van der Waals surface area contributed by atoms with Crippen molar-refractivity contribution in [1.29, 1.82) is 0 Å². The van der Waals surface area contributed by atoms with Crippen molar-refractivity contribution in [1.82, 2.24) is 10.6 Å². The molecule has 1 aromatic carbocycles. The summed E-state index contributed by atoms with van der Waals surface area (Å²) in [5, 5.41) is 14.4. The van der Waals surface area contributed by atoms with E-state index in [1.165, 1.54) is 0 Å². The van der Waals surface area contributed by atoms with Crippen LogP contribution in [0.2, 0.25) is 0 Å². The highest BCUT2D eigenvalue weighted by molar-refractivity contribution is 6.48. The molecule has 0 radical (unpaired) electrons. The van der Waals surface area contributed by atoms with Crippen LogP contribution in [0.3, 0.4) is 0 Å². The number of hydrogen-bond donors (Lipinski definition) is 3. The van der Waals surface area contributed by atoms with Crippen LogP contribution < -0.4 is 10.6 Å². The molecule has 3 N–H and O–H groups in total. The van der Waals surface area contributed by atoms with Crippen molar-refractivity contribution < 1.29 is 24.0 Å². The molecule has 0 spiro atoms. The van der Waals surface area contributed by atoms with Crippen molar-refractivity contribution in [3.8, 4) is 0 Å². The first kappa shape index (κ1) is 23.1. The third-order valence-electron chi connectivity index (χ3n) is 8.18. The molecule has 2 amide bonds. The maximum atomic E-state index is 13.0. The number of carboxylic acid groups (broad SMARTS) is 1. The second-order valence-corrected chi connectivity index (χ2v) is 11.2. The van der Waals surface area contributed by atoms with Crippen LogP contribution in [0, 0.1) is 24.2 Å². The Hall–Kier alpha value is -2.06. The van der Waals surface area contributed by atoms with E-state index >= 15 is 0 Å². The highest BCUT2D eigenvalue weighted by atomic mass is 16.7. The third-order valence-corrected chi connectivity index (χ3v) is 8.18. The van der Waals surface area contributed by atoms with Crippen molar-refractivity contribution in [2.75, 3.05) is 0 Å². The van der Waals surface area contributed by atoms with Gasteiger partial charge in [-0.05, 0) is 69.8 Å². The van der Waals surface area contributed by atoms with Gasteiger partial charge in [0.05, 0.1) is 17.6 Å². The molecular weight excluding hydrogens is 407 g/mol. The molecule has 7 nitrogen and oxygen atoms in total. The quantitative estimate of drug-likeness (QED) is 0.588. The van der Waals surface area contributed by atoms with Gasteiger partial charge in [0, 0.05) is 0 Å². The van der Waals surface area contributed by atoms with E-state index in [1.54, 1.807) is 13.8 Å². The zero-order valence-corrected chi connectivity index (χ0v) is 19.9. The fourth-order valence-electron chi connectivity index (χ4n) is 5.94. The van der Waals surface area contributed by atoms with E-state index in [9.17, 15) is 9.59 Å². The molecule has 5 atom stereocenters. The number of hydrogen-bond acceptors (Lipinski definition) is 4. The van der Waals surface area contributed by atoms with Crippen LogP contribution in [0.4, 0.5) is 4.79 Å². The average Bonchev–Trinajstić information content (AvgIpc) is 3.05. The highest BCUT2D eigenvalue weighted by Crippen LogP contribution is 2.65. The predicted octanol–water partition coefficient (Wildman–Crippen LogP) is 3.34. The minimum absolute atomic E-state index is 0.00634. The molecule has 1 heterocycles. The maximum absolute atomic E-state index is 13.0. The molecule has 1 saturated heterocycles. The molecule has 4 aliphatic rings. The van der Waals surface area contributed by atoms with Gasteiger partial charge >= 0.3 is 13.2 Å². The average molecular weight is 442 g/mol. The standard InChI is InChI=1S/C24H35BN2O5/c1-14-7-9-15(10-8-14)11-19(26-20(28)23(4,5)27-21(29)30)25-31-18-13-16-12-17(22(16,2)3)24(18,6)32-25/h7-10,16-19,27H,11-13H2,1-6H3,(H,26,28)(H,29,30)/t16-,17-,18+,19-,24-/m0/s1. The topological polar surface area (TPSA) is 96.9 Å². The molecule has 2 bridgehead atoms. The van der Waals surface area contributed by atoms with Gasteiger partial charge in [0.2, 0.25) is 5.91 Å². The van der Waals surface area contributed by atoms with E-state index in [-0.39, 0.29) is 17.1 Å². The molecule has 174 valence electrons. The normalized spacial score (nSPS) is 31.3. The van der Waals surface area contributed by atoms with Gasteiger partial charge in [0.1, 0.15) is 5.54 Å². The van der Waals surface area contributed by atoms with Gasteiger partial charge in [-0.2, -0.15) is 0 Å². The van der Waals surface area contributed by atoms with Gasteiger partial charge in [-0.15, -0.1) is 0 Å². The van der Waals surface area contributed by atoms with Gasteiger partial charge in [-0.1, -0.05) is 43.7 Å². The molecule has 3 saturated carbocycles. The van der Waals surface area contributed by atoms with E-state index in [2.05, 4.69) is 31.4 Å². The summed E-state index contributed by atoms with van der Waals surface area (Å²) in [5.74, 6) is 0.207. The smallest absolute Gasteiger partial charge is 0.465 e. The number of benzene rings is 1. The van der Waals surface area contributed by atoms with Crippen molar-refractivity contribution in [2.45, 2.75) is 84.0 Å². The Balaban J connectivity index is 1.56. The first-order chi connectivity index (χ1) is 14.8. The molecule has 0 aromatic heterocycles. The number of nitrogens with one attached hydrogen (secondary N) is 2. The molecule has 4 fully saturated rings. The van der Waals surface area contributed by atoms with Gasteiger partial charge in [-0.3, -0.25) is 4.79 Å². The minimum atomic E-state index is -1.28. The molecular formula is C24H35BN2O5. The van der Waals surface area contributed by atoms with Crippen LogP contribution in [-0.4, -0.2) is 47.4 Å². The summed E-state index contributed by atoms with van der Waals surface area (Å²) in [5.41, 5.74) is 0.786. The molecule has 0 unspecified atom stereocenters. The first-order valence-corrected chi connectivity index (χ1v) is 11.5. The summed E-state index contributed by atoms with van der Waals surface area (Å²) in [6, 6.07) is 8.16. The van der Waals surface area contributed by atoms with E-state index < -0.39 is 30.6 Å². The number of rotatable bonds is 6. The number of carbonyl (C=O) groups is 2. The lowest BCUT2D eigenvalue weighted by atomic mass is 9.43. The molecule has 1 aromatic rings. The van der Waals surface area contributed by atoms with Crippen LogP contribution in [0.15, 0.2) is 24.3 Å². The molecule has 8 heteroatoms. The van der Waals surface area contributed by atoms with E-state index in [4.69, 9.17) is 14.4 Å². The lowest BCUT2D eigenvalue weighted by Crippen LogP contribution is -2.65. The van der Waals surface area contributed by atoms with Crippen molar-refractivity contribution in [3.63, 3.8) is 0 Å². The lowest BCUT2D eigenvalue weighted by molar-refractivity contribution is -0.199. The Morgan fingerprint density at radius 1 is 1.22 bits per heavy atom. The van der Waals surface area contributed by atoms with Crippen LogP contribution >= 0.6 is 0 Å². The molecule has 5 rings (SSSR count). The largest absolute Gasteiger partial charge is 0.482 e. The molecule has 1 aliphatic heterocycles. The predicted molar refractivity (Wildman–Crippen MR) is 122 cm³/mol. The molecule has 3 aliphatic carbocycles. The fraction of sp³-hybridized carbons (Fsp3) is 0.667. The second kappa shape index (κ2) is 7.77. The Labute approximate surface area is 190 Å². The Kier molecular flexibility index (Phi) is 5.61. The highest BCUT2D eigenvalue weighted by Gasteiger charge is 2.68. The van der Waals surface area contributed by atoms with Gasteiger partial charge in [0.15, 0.2) is 0 Å². The summed E-state index contributed by atoms with van der Waals surface area (Å²) in [6.07, 6.45) is 1.41. The number of aryl methyl sites for hydroxylation is 1. The fourth-order valence-corrected chi connectivity index (χ4v) is 5.94. The second-order valence-electron chi connectivity index (χ2n) is 11.2. The van der Waals surface area contributed by atoms with E-state index in [1.807, 2.05) is 31.2 Å². The zero-order valence-electron chi connectivity index (χ0n) is 19.9. The summed E-state index contributed by atoms with van der Waals surface area (Å²) >= 11 is 0.